The molecule has 0 saturated carbocycles. The van der Waals surface area contributed by atoms with E-state index in [4.69, 9.17) is 24.1 Å². The maximum absolute atomic E-state index is 13.6. The lowest BCUT2D eigenvalue weighted by molar-refractivity contribution is -0.138. The van der Waals surface area contributed by atoms with Crippen LogP contribution in [0, 0.1) is 0 Å². The first kappa shape index (κ1) is 35.5. The van der Waals surface area contributed by atoms with Crippen LogP contribution in [0.15, 0.2) is 54.6 Å². The third kappa shape index (κ3) is 10.4. The minimum absolute atomic E-state index is 0.00160. The average Bonchev–Trinajstić information content (AvgIpc) is 3.57. The number of aliphatic carboxylic acids is 2. The van der Waals surface area contributed by atoms with Crippen LogP contribution in [0.4, 0.5) is 0 Å². The van der Waals surface area contributed by atoms with Gasteiger partial charge < -0.3 is 39.0 Å². The van der Waals surface area contributed by atoms with E-state index in [1.54, 1.807) is 0 Å². The van der Waals surface area contributed by atoms with Crippen molar-refractivity contribution in [2.75, 3.05) is 53.2 Å². The van der Waals surface area contributed by atoms with Crippen molar-refractivity contribution < 1.29 is 43.5 Å². The number of unbranched alkanes of at least 4 members (excludes halogenated alkanes) is 3. The van der Waals surface area contributed by atoms with Crippen LogP contribution in [0.3, 0.4) is 0 Å². The first-order valence-electron chi connectivity index (χ1n) is 17.1. The second-order valence-electron chi connectivity index (χ2n) is 12.6. The molecule has 2 N–H and O–H groups in total. The molecule has 11 nitrogen and oxygen atoms in total. The molecule has 2 aliphatic heterocycles. The van der Waals surface area contributed by atoms with Gasteiger partial charge in [0.05, 0.1) is 13.2 Å². The molecule has 49 heavy (non-hydrogen) atoms. The maximum atomic E-state index is 13.6. The Bertz CT molecular complexity index is 1600. The summed E-state index contributed by atoms with van der Waals surface area (Å²) in [4.78, 5) is 39.8. The first-order valence-corrected chi connectivity index (χ1v) is 17.1. The second-order valence-corrected chi connectivity index (χ2v) is 12.6. The van der Waals surface area contributed by atoms with Crippen LogP contribution in [-0.4, -0.2) is 91.1 Å². The Morgan fingerprint density at radius 2 is 1.49 bits per heavy atom. The summed E-state index contributed by atoms with van der Waals surface area (Å²) < 4.78 is 23.2. The van der Waals surface area contributed by atoms with Gasteiger partial charge in [0.15, 0.2) is 11.5 Å². The molecule has 2 aliphatic rings. The standard InChI is InChI=1S/C38H46N2O9/c1-39-16-18-40(19-17-39)38(45)30-22-29(28-12-14-34-35(25-28)49-26-48-34)23-31(24-30)46-20-5-3-2-4-8-27-9-6-10-33(32(27)13-15-37(43)44)47-21-7-11-36(41)42/h6,9-10,12,14,22-25H,2-5,7-8,11,13,15-21,26H2,1H3,(H,41,42)(H,43,44). The lowest BCUT2D eigenvalue weighted by atomic mass is 9.97. The number of fused-ring (bicyclic) bond motifs is 1. The van der Waals surface area contributed by atoms with E-state index < -0.39 is 11.9 Å². The first-order chi connectivity index (χ1) is 23.8. The number of hydrogen-bond acceptors (Lipinski definition) is 8. The Morgan fingerprint density at radius 3 is 2.29 bits per heavy atom. The number of likely N-dealkylation sites (N-methyl/N-ethyl adjacent to an activating group) is 1. The van der Waals surface area contributed by atoms with Crippen molar-refractivity contribution in [3.8, 4) is 34.1 Å². The quantitative estimate of drug-likeness (QED) is 0.157. The number of carbonyl (C=O) groups is 3. The fraction of sp³-hybridized carbons (Fsp3) is 0.447. The number of piperazine rings is 1. The van der Waals surface area contributed by atoms with Gasteiger partial charge >= 0.3 is 11.9 Å². The summed E-state index contributed by atoms with van der Waals surface area (Å²) in [6, 6.07) is 17.2. The summed E-state index contributed by atoms with van der Waals surface area (Å²) in [5, 5.41) is 18.2. The number of nitrogens with zero attached hydrogens (tertiary/aromatic N) is 2. The number of carboxylic acid groups (broad SMARTS) is 2. The summed E-state index contributed by atoms with van der Waals surface area (Å²) in [7, 11) is 2.07. The minimum atomic E-state index is -0.871. The van der Waals surface area contributed by atoms with Crippen LogP contribution in [0.5, 0.6) is 23.0 Å². The fourth-order valence-electron chi connectivity index (χ4n) is 6.10. The molecular formula is C38H46N2O9. The number of hydrogen-bond donors (Lipinski definition) is 2. The zero-order valence-corrected chi connectivity index (χ0v) is 28.2. The van der Waals surface area contributed by atoms with Gasteiger partial charge in [-0.05, 0) is 97.8 Å². The fourth-order valence-corrected chi connectivity index (χ4v) is 6.10. The average molecular weight is 675 g/mol. The predicted molar refractivity (Wildman–Crippen MR) is 184 cm³/mol. The Hall–Kier alpha value is -4.77. The Morgan fingerprint density at radius 1 is 0.735 bits per heavy atom. The predicted octanol–water partition coefficient (Wildman–Crippen LogP) is 5.91. The van der Waals surface area contributed by atoms with E-state index in [9.17, 15) is 19.5 Å². The molecule has 0 radical (unpaired) electrons. The molecule has 0 atom stereocenters. The van der Waals surface area contributed by atoms with Crippen LogP contribution in [0.25, 0.3) is 11.1 Å². The molecule has 262 valence electrons. The molecule has 1 saturated heterocycles. The number of aryl methyl sites for hydroxylation is 1. The monoisotopic (exact) mass is 674 g/mol. The SMILES string of the molecule is CN1CCN(C(=O)c2cc(OCCCCCCc3cccc(OCCCC(=O)O)c3CCC(=O)O)cc(-c3ccc4c(c3)OCO4)c2)CC1. The van der Waals surface area contributed by atoms with Gasteiger partial charge in [-0.1, -0.05) is 31.0 Å². The van der Waals surface area contributed by atoms with Gasteiger partial charge in [0.25, 0.3) is 5.91 Å². The highest BCUT2D eigenvalue weighted by atomic mass is 16.7. The summed E-state index contributed by atoms with van der Waals surface area (Å²) in [6.07, 6.45) is 5.24. The molecule has 11 heteroatoms. The van der Waals surface area contributed by atoms with Gasteiger partial charge in [-0.3, -0.25) is 14.4 Å². The number of ether oxygens (including phenoxy) is 4. The molecule has 0 spiro atoms. The Balaban J connectivity index is 1.16. The molecule has 1 fully saturated rings. The van der Waals surface area contributed by atoms with Crippen LogP contribution in [0.2, 0.25) is 0 Å². The van der Waals surface area contributed by atoms with E-state index in [1.807, 2.05) is 59.5 Å². The lowest BCUT2D eigenvalue weighted by Crippen LogP contribution is -2.47. The third-order valence-electron chi connectivity index (χ3n) is 8.87. The van der Waals surface area contributed by atoms with Crippen LogP contribution in [0.1, 0.15) is 66.4 Å². The molecule has 3 aromatic carbocycles. The van der Waals surface area contributed by atoms with Crippen molar-refractivity contribution in [1.29, 1.82) is 0 Å². The van der Waals surface area contributed by atoms with Gasteiger partial charge in [-0.25, -0.2) is 0 Å². The van der Waals surface area contributed by atoms with Crippen molar-refractivity contribution in [3.63, 3.8) is 0 Å². The lowest BCUT2D eigenvalue weighted by Gasteiger charge is -2.32. The maximum Gasteiger partial charge on any atom is 0.303 e. The van der Waals surface area contributed by atoms with Crippen LogP contribution < -0.4 is 18.9 Å². The molecule has 0 aliphatic carbocycles. The highest BCUT2D eigenvalue weighted by Crippen LogP contribution is 2.37. The van der Waals surface area contributed by atoms with E-state index >= 15 is 0 Å². The molecule has 3 aromatic rings. The number of carboxylic acids is 2. The highest BCUT2D eigenvalue weighted by Gasteiger charge is 2.22. The van der Waals surface area contributed by atoms with Gasteiger partial charge in [-0.2, -0.15) is 0 Å². The topological polar surface area (TPSA) is 135 Å². The third-order valence-corrected chi connectivity index (χ3v) is 8.87. The largest absolute Gasteiger partial charge is 0.494 e. The molecule has 2 heterocycles. The smallest absolute Gasteiger partial charge is 0.303 e. The molecule has 5 rings (SSSR count). The minimum Gasteiger partial charge on any atom is -0.494 e. The highest BCUT2D eigenvalue weighted by molar-refractivity contribution is 5.96. The molecule has 0 bridgehead atoms. The molecular weight excluding hydrogens is 628 g/mol. The van der Waals surface area contributed by atoms with Crippen molar-refractivity contribution in [3.05, 3.63) is 71.3 Å². The summed E-state index contributed by atoms with van der Waals surface area (Å²) in [5.74, 6) is 0.920. The Labute approximate surface area is 287 Å². The zero-order valence-electron chi connectivity index (χ0n) is 28.2. The van der Waals surface area contributed by atoms with E-state index in [0.717, 1.165) is 67.4 Å². The second kappa shape index (κ2) is 17.6. The van der Waals surface area contributed by atoms with Crippen LogP contribution >= 0.6 is 0 Å². The van der Waals surface area contributed by atoms with Crippen molar-refractivity contribution in [1.82, 2.24) is 9.80 Å². The summed E-state index contributed by atoms with van der Waals surface area (Å²) in [5.41, 5.74) is 4.33. The zero-order chi connectivity index (χ0) is 34.6. The van der Waals surface area contributed by atoms with Crippen molar-refractivity contribution >= 4 is 17.8 Å². The summed E-state index contributed by atoms with van der Waals surface area (Å²) in [6.45, 7) is 4.02. The van der Waals surface area contributed by atoms with E-state index in [2.05, 4.69) is 11.9 Å². The van der Waals surface area contributed by atoms with E-state index in [0.29, 0.717) is 61.1 Å². The van der Waals surface area contributed by atoms with Crippen molar-refractivity contribution in [2.24, 2.45) is 0 Å². The van der Waals surface area contributed by atoms with Crippen molar-refractivity contribution in [2.45, 2.75) is 57.8 Å². The van der Waals surface area contributed by atoms with Gasteiger partial charge in [0.2, 0.25) is 6.79 Å². The molecule has 0 unspecified atom stereocenters. The molecule has 0 aromatic heterocycles. The summed E-state index contributed by atoms with van der Waals surface area (Å²) >= 11 is 0. The number of rotatable bonds is 18. The van der Waals surface area contributed by atoms with E-state index in [1.165, 1.54) is 0 Å². The number of benzene rings is 3. The van der Waals surface area contributed by atoms with E-state index in [-0.39, 0.29) is 32.1 Å². The van der Waals surface area contributed by atoms with Crippen LogP contribution in [-0.2, 0) is 22.4 Å². The number of carbonyl (C=O) groups excluding carboxylic acids is 1. The van der Waals surface area contributed by atoms with Gasteiger partial charge in [-0.15, -0.1) is 0 Å². The van der Waals surface area contributed by atoms with Gasteiger partial charge in [0.1, 0.15) is 11.5 Å². The number of amides is 1. The normalized spacial score (nSPS) is 14.1. The Kier molecular flexibility index (Phi) is 12.7. The molecule has 1 amide bonds. The van der Waals surface area contributed by atoms with Gasteiger partial charge in [0, 0.05) is 44.6 Å².